The molecule has 0 aliphatic heterocycles. The second kappa shape index (κ2) is 15.4. The fraction of sp³-hybridized carbons (Fsp3) is 0.500. The molecule has 0 amide bonds. The number of methoxy groups -OCH3 is 1. The fourth-order valence-corrected chi connectivity index (χ4v) is 10.4. The quantitative estimate of drug-likeness (QED) is 0.125. The number of carbonyl (C=O) groups excluding carboxylic acids is 1. The zero-order valence-corrected chi connectivity index (χ0v) is 30.3. The third kappa shape index (κ3) is 8.11. The Hall–Kier alpha value is -2.87. The monoisotopic (exact) mass is 733 g/mol. The van der Waals surface area contributed by atoms with E-state index >= 15 is 0 Å². The van der Waals surface area contributed by atoms with Crippen LogP contribution in [0.2, 0.25) is 0 Å². The number of nitrogens with zero attached hydrogens (tertiary/aromatic N) is 1. The highest BCUT2D eigenvalue weighted by Gasteiger charge is 2.58. The highest BCUT2D eigenvalue weighted by atomic mass is 32.2. The van der Waals surface area contributed by atoms with E-state index in [4.69, 9.17) is 4.74 Å². The summed E-state index contributed by atoms with van der Waals surface area (Å²) >= 11 is 1.11. The van der Waals surface area contributed by atoms with Gasteiger partial charge in [0, 0.05) is 43.3 Å². The first-order valence-electron chi connectivity index (χ1n) is 17.0. The normalized spacial score (nSPS) is 24.9. The van der Waals surface area contributed by atoms with Crippen LogP contribution in [0.25, 0.3) is 0 Å². The van der Waals surface area contributed by atoms with Crippen LogP contribution in [0, 0.1) is 5.41 Å². The SMILES string of the molecule is COCCCN(C[C@]1(O)CC[C@H]2c3ccc(cc3C(=O)c3cccc(C(F)(F)F)c3)C[C@@H](O)CCC(C)=CCC[C@@]21C)S(=O)(=O)c1cccs1. The smallest absolute Gasteiger partial charge is 0.393 e. The highest BCUT2D eigenvalue weighted by Crippen LogP contribution is 2.59. The Morgan fingerprint density at radius 3 is 2.58 bits per heavy atom. The van der Waals surface area contributed by atoms with Crippen molar-refractivity contribution in [3.63, 3.8) is 0 Å². The van der Waals surface area contributed by atoms with Crippen molar-refractivity contribution in [2.75, 3.05) is 26.8 Å². The molecule has 0 saturated heterocycles. The maximum atomic E-state index is 14.2. The Bertz CT molecular complexity index is 1790. The van der Waals surface area contributed by atoms with Crippen molar-refractivity contribution in [3.05, 3.63) is 99.4 Å². The third-order valence-electron chi connectivity index (χ3n) is 10.7. The van der Waals surface area contributed by atoms with Gasteiger partial charge in [-0.1, -0.05) is 48.9 Å². The third-order valence-corrected chi connectivity index (χ3v) is 13.9. The van der Waals surface area contributed by atoms with Gasteiger partial charge < -0.3 is 14.9 Å². The molecular weight excluding hydrogens is 688 g/mol. The molecule has 0 spiro atoms. The number of ether oxygens (including phenoxy) is 1. The number of rotatable bonds is 10. The molecule has 4 atom stereocenters. The van der Waals surface area contributed by atoms with Crippen LogP contribution in [0.1, 0.15) is 97.3 Å². The maximum absolute atomic E-state index is 14.2. The number of hydrogen-bond donors (Lipinski definition) is 2. The lowest BCUT2D eigenvalue weighted by atomic mass is 9.64. The van der Waals surface area contributed by atoms with E-state index in [2.05, 4.69) is 6.08 Å². The van der Waals surface area contributed by atoms with E-state index in [1.165, 1.54) is 16.4 Å². The van der Waals surface area contributed by atoms with E-state index in [0.717, 1.165) is 29.0 Å². The van der Waals surface area contributed by atoms with Crippen molar-refractivity contribution >= 4 is 27.1 Å². The highest BCUT2D eigenvalue weighted by molar-refractivity contribution is 7.91. The van der Waals surface area contributed by atoms with Crippen molar-refractivity contribution in [2.45, 2.75) is 93.2 Å². The van der Waals surface area contributed by atoms with Crippen molar-refractivity contribution in [1.29, 1.82) is 0 Å². The summed E-state index contributed by atoms with van der Waals surface area (Å²) in [7, 11) is -2.42. The van der Waals surface area contributed by atoms with Gasteiger partial charge in [0.15, 0.2) is 5.78 Å². The summed E-state index contributed by atoms with van der Waals surface area (Å²) < 4.78 is 75.7. The molecule has 1 heterocycles. The summed E-state index contributed by atoms with van der Waals surface area (Å²) in [4.78, 5) is 14.2. The van der Waals surface area contributed by atoms with Crippen molar-refractivity contribution in [1.82, 2.24) is 4.31 Å². The molecule has 1 fully saturated rings. The van der Waals surface area contributed by atoms with Crippen LogP contribution in [0.4, 0.5) is 13.2 Å². The molecule has 3 aliphatic carbocycles. The van der Waals surface area contributed by atoms with Crippen molar-refractivity contribution < 1.29 is 41.3 Å². The second-order valence-electron chi connectivity index (χ2n) is 14.0. The number of thiophene rings is 1. The van der Waals surface area contributed by atoms with Crippen LogP contribution in [0.15, 0.2) is 75.8 Å². The van der Waals surface area contributed by atoms with E-state index in [9.17, 15) is 36.6 Å². The molecule has 2 bridgehead atoms. The minimum absolute atomic E-state index is 0.111. The molecule has 6 rings (SSSR count). The van der Waals surface area contributed by atoms with Gasteiger partial charge in [-0.2, -0.15) is 17.5 Å². The number of fused-ring (bicyclic) bond motifs is 8. The first-order valence-corrected chi connectivity index (χ1v) is 19.3. The summed E-state index contributed by atoms with van der Waals surface area (Å²) in [6.07, 6.45) is 0.278. The fourth-order valence-electron chi connectivity index (χ4n) is 7.69. The predicted octanol–water partition coefficient (Wildman–Crippen LogP) is 7.76. The molecule has 3 aliphatic rings. The topological polar surface area (TPSA) is 104 Å². The number of alkyl halides is 3. The maximum Gasteiger partial charge on any atom is 0.416 e. The number of sulfonamides is 1. The minimum Gasteiger partial charge on any atom is -0.393 e. The van der Waals surface area contributed by atoms with Crippen molar-refractivity contribution in [3.8, 4) is 0 Å². The molecule has 12 heteroatoms. The largest absolute Gasteiger partial charge is 0.416 e. The number of aliphatic hydroxyl groups excluding tert-OH is 1. The summed E-state index contributed by atoms with van der Waals surface area (Å²) in [6, 6.07) is 12.9. The lowest BCUT2D eigenvalue weighted by Crippen LogP contribution is -2.54. The number of carbonyl (C=O) groups is 1. The minimum atomic E-state index is -4.64. The number of allylic oxidation sites excluding steroid dienone is 2. The molecule has 272 valence electrons. The van der Waals surface area contributed by atoms with Crippen LogP contribution in [0.5, 0.6) is 0 Å². The standard InChI is InChI=1S/C38H46F3NO6S2/c1-26-8-5-17-36(2)33(16-18-37(36,45)25-42(19-7-20-48-3)50(46,47)34-11-6-21-49-34)31-15-13-27(22-30(43)14-12-26)23-32(31)35(44)28-9-4-10-29(24-28)38(39,40)41/h4,6,8-11,13,15,21,23-24,30,33,43,45H,5,7,12,14,16-20,22,25H2,1-3H3/t30-,33-,36-,37+/m0/s1. The second-order valence-corrected chi connectivity index (χ2v) is 17.1. The van der Waals surface area contributed by atoms with E-state index in [1.807, 2.05) is 26.0 Å². The summed E-state index contributed by atoms with van der Waals surface area (Å²) in [5, 5.41) is 25.3. The van der Waals surface area contributed by atoms with Crippen LogP contribution in [0.3, 0.4) is 0 Å². The van der Waals surface area contributed by atoms with Gasteiger partial charge in [-0.05, 0) is 105 Å². The van der Waals surface area contributed by atoms with Gasteiger partial charge in [0.1, 0.15) is 4.21 Å². The van der Waals surface area contributed by atoms with E-state index in [1.54, 1.807) is 30.7 Å². The summed E-state index contributed by atoms with van der Waals surface area (Å²) in [5.74, 6) is -1.01. The zero-order chi connectivity index (χ0) is 36.3. The van der Waals surface area contributed by atoms with Gasteiger partial charge in [0.25, 0.3) is 10.0 Å². The van der Waals surface area contributed by atoms with E-state index in [0.29, 0.717) is 56.3 Å². The molecule has 1 saturated carbocycles. The van der Waals surface area contributed by atoms with Gasteiger partial charge in [-0.25, -0.2) is 8.42 Å². The first-order chi connectivity index (χ1) is 23.6. The average molecular weight is 734 g/mol. The van der Waals surface area contributed by atoms with Crippen LogP contribution < -0.4 is 0 Å². The number of ketones is 1. The molecule has 2 aromatic carbocycles. The lowest BCUT2D eigenvalue weighted by molar-refractivity contribution is -0.137. The average Bonchev–Trinajstić information content (AvgIpc) is 3.70. The van der Waals surface area contributed by atoms with E-state index in [-0.39, 0.29) is 41.3 Å². The number of halogens is 3. The molecule has 0 radical (unpaired) electrons. The molecule has 7 nitrogen and oxygen atoms in total. The molecular formula is C38H46F3NO6S2. The van der Waals surface area contributed by atoms with Crippen LogP contribution in [-0.4, -0.2) is 67.2 Å². The number of hydrogen-bond acceptors (Lipinski definition) is 7. The Morgan fingerprint density at radius 1 is 1.10 bits per heavy atom. The first kappa shape index (κ1) is 38.4. The number of aliphatic hydroxyl groups is 2. The Balaban J connectivity index is 1.63. The van der Waals surface area contributed by atoms with Crippen LogP contribution in [-0.2, 0) is 27.4 Å². The summed E-state index contributed by atoms with van der Waals surface area (Å²) in [5.41, 5.74) is -0.909. The molecule has 2 N–H and O–H groups in total. The Morgan fingerprint density at radius 2 is 1.88 bits per heavy atom. The van der Waals surface area contributed by atoms with Gasteiger partial charge in [-0.3, -0.25) is 4.79 Å². The Labute approximate surface area is 296 Å². The predicted molar refractivity (Wildman–Crippen MR) is 188 cm³/mol. The van der Waals surface area contributed by atoms with Crippen molar-refractivity contribution in [2.24, 2.45) is 5.41 Å². The Kier molecular flexibility index (Phi) is 11.8. The van der Waals surface area contributed by atoms with Gasteiger partial charge in [-0.15, -0.1) is 11.3 Å². The molecule has 0 unspecified atom stereocenters. The van der Waals surface area contributed by atoms with Gasteiger partial charge >= 0.3 is 6.18 Å². The van der Waals surface area contributed by atoms with Gasteiger partial charge in [0.2, 0.25) is 0 Å². The zero-order valence-electron chi connectivity index (χ0n) is 28.7. The van der Waals surface area contributed by atoms with E-state index < -0.39 is 50.6 Å². The number of benzene rings is 2. The lowest BCUT2D eigenvalue weighted by Gasteiger charge is -2.46. The molecule has 3 aromatic rings. The molecule has 50 heavy (non-hydrogen) atoms. The van der Waals surface area contributed by atoms with Gasteiger partial charge in [0.05, 0.1) is 17.3 Å². The summed E-state index contributed by atoms with van der Waals surface area (Å²) in [6.45, 7) is 4.24. The molecule has 1 aromatic heterocycles. The van der Waals surface area contributed by atoms with Crippen LogP contribution >= 0.6 is 11.3 Å².